The van der Waals surface area contributed by atoms with Crippen molar-refractivity contribution < 1.29 is 37.0 Å². The van der Waals surface area contributed by atoms with Crippen molar-refractivity contribution in [1.82, 2.24) is 4.57 Å². The Morgan fingerprint density at radius 3 is 2.24 bits per heavy atom. The zero-order valence-electron chi connectivity index (χ0n) is 16.3. The molecular weight excluding hydrogens is 391 g/mol. The third-order valence-corrected chi connectivity index (χ3v) is 4.07. The van der Waals surface area contributed by atoms with Gasteiger partial charge in [0, 0.05) is 17.0 Å². The Labute approximate surface area is 166 Å². The van der Waals surface area contributed by atoms with Crippen LogP contribution >= 0.6 is 0 Å². The highest BCUT2D eigenvalue weighted by Crippen LogP contribution is 2.26. The van der Waals surface area contributed by atoms with Crippen LogP contribution < -0.4 is 9.47 Å². The molecule has 1 aromatic heterocycles. The summed E-state index contributed by atoms with van der Waals surface area (Å²) in [4.78, 5) is 24.2. The first kappa shape index (κ1) is 22.3. The second kappa shape index (κ2) is 9.49. The van der Waals surface area contributed by atoms with Gasteiger partial charge in [0.05, 0.1) is 6.61 Å². The van der Waals surface area contributed by atoms with Crippen molar-refractivity contribution in [3.63, 3.8) is 0 Å². The second-order valence-electron chi connectivity index (χ2n) is 6.24. The molecule has 0 unspecified atom stereocenters. The zero-order valence-corrected chi connectivity index (χ0v) is 16.3. The van der Waals surface area contributed by atoms with Crippen LogP contribution in [0.3, 0.4) is 0 Å². The predicted molar refractivity (Wildman–Crippen MR) is 98.4 cm³/mol. The highest BCUT2D eigenvalue weighted by molar-refractivity contribution is 5.99. The number of hydrogen-bond donors (Lipinski definition) is 0. The fourth-order valence-electron chi connectivity index (χ4n) is 2.75. The Morgan fingerprint density at radius 2 is 1.66 bits per heavy atom. The number of aromatic nitrogens is 1. The van der Waals surface area contributed by atoms with Crippen molar-refractivity contribution in [2.75, 3.05) is 19.8 Å². The molecule has 2 aromatic rings. The number of benzene rings is 1. The molecule has 0 bridgehead atoms. The normalized spacial score (nSPS) is 11.2. The van der Waals surface area contributed by atoms with E-state index >= 15 is 0 Å². The Bertz CT molecular complexity index is 873. The molecule has 9 heteroatoms. The van der Waals surface area contributed by atoms with Crippen LogP contribution in [-0.4, -0.2) is 42.3 Å². The number of carbonyl (C=O) groups excluding carboxylic acids is 2. The van der Waals surface area contributed by atoms with Crippen molar-refractivity contribution in [1.29, 1.82) is 0 Å². The number of esters is 1. The standard InChI is InChI=1S/C20H22F3NO5/c1-4-27-17-7-5-6-8-18(17)28-11-19(26)29-10-16(25)15-9-13(2)24(14(15)3)12-20(21,22)23/h5-9H,4,10-12H2,1-3H3. The molecule has 0 aliphatic rings. The Balaban J connectivity index is 1.93. The third kappa shape index (κ3) is 6.27. The maximum Gasteiger partial charge on any atom is 0.406 e. The van der Waals surface area contributed by atoms with E-state index in [0.29, 0.717) is 23.8 Å². The number of halogens is 3. The summed E-state index contributed by atoms with van der Waals surface area (Å²) < 4.78 is 54.6. The van der Waals surface area contributed by atoms with Crippen LogP contribution in [-0.2, 0) is 16.1 Å². The quantitative estimate of drug-likeness (QED) is 0.461. The lowest BCUT2D eigenvalue weighted by Crippen LogP contribution is -2.21. The minimum Gasteiger partial charge on any atom is -0.490 e. The van der Waals surface area contributed by atoms with Crippen molar-refractivity contribution in [3.8, 4) is 11.5 Å². The third-order valence-electron chi connectivity index (χ3n) is 4.07. The van der Waals surface area contributed by atoms with Crippen LogP contribution in [0.2, 0.25) is 0 Å². The summed E-state index contributed by atoms with van der Waals surface area (Å²) in [5.41, 5.74) is 0.551. The van der Waals surface area contributed by atoms with E-state index in [9.17, 15) is 22.8 Å². The van der Waals surface area contributed by atoms with Gasteiger partial charge in [-0.05, 0) is 39.0 Å². The van der Waals surface area contributed by atoms with E-state index in [4.69, 9.17) is 14.2 Å². The van der Waals surface area contributed by atoms with E-state index in [1.807, 2.05) is 6.92 Å². The molecule has 0 aliphatic carbocycles. The van der Waals surface area contributed by atoms with Crippen LogP contribution in [0.25, 0.3) is 0 Å². The molecule has 0 atom stereocenters. The number of ketones is 1. The van der Waals surface area contributed by atoms with E-state index in [1.54, 1.807) is 24.3 Å². The number of hydrogen-bond acceptors (Lipinski definition) is 5. The minimum atomic E-state index is -4.41. The number of aryl methyl sites for hydroxylation is 1. The summed E-state index contributed by atoms with van der Waals surface area (Å²) in [6, 6.07) is 8.13. The largest absolute Gasteiger partial charge is 0.490 e. The van der Waals surface area contributed by atoms with Gasteiger partial charge >= 0.3 is 12.1 Å². The number of ether oxygens (including phenoxy) is 3. The number of Topliss-reactive ketones (excluding diaryl/α,β-unsaturated/α-hetero) is 1. The molecule has 6 nitrogen and oxygen atoms in total. The van der Waals surface area contributed by atoms with Crippen molar-refractivity contribution in [2.45, 2.75) is 33.5 Å². The lowest BCUT2D eigenvalue weighted by Gasteiger charge is -2.12. The zero-order chi connectivity index (χ0) is 21.6. The summed E-state index contributed by atoms with van der Waals surface area (Å²) in [5, 5.41) is 0. The Kier molecular flexibility index (Phi) is 7.30. The van der Waals surface area contributed by atoms with Gasteiger partial charge in [-0.3, -0.25) is 4.79 Å². The Morgan fingerprint density at radius 1 is 1.03 bits per heavy atom. The minimum absolute atomic E-state index is 0.0853. The van der Waals surface area contributed by atoms with Crippen LogP contribution in [0.4, 0.5) is 13.2 Å². The maximum absolute atomic E-state index is 12.7. The van der Waals surface area contributed by atoms with Gasteiger partial charge in [0.1, 0.15) is 6.54 Å². The van der Waals surface area contributed by atoms with Gasteiger partial charge in [-0.25, -0.2) is 4.79 Å². The highest BCUT2D eigenvalue weighted by Gasteiger charge is 2.30. The molecule has 158 valence electrons. The highest BCUT2D eigenvalue weighted by atomic mass is 19.4. The van der Waals surface area contributed by atoms with E-state index in [2.05, 4.69) is 0 Å². The van der Waals surface area contributed by atoms with Crippen LogP contribution in [0.15, 0.2) is 30.3 Å². The lowest BCUT2D eigenvalue weighted by atomic mass is 10.1. The first-order chi connectivity index (χ1) is 13.6. The SMILES string of the molecule is CCOc1ccccc1OCC(=O)OCC(=O)c1cc(C)n(CC(F)(F)F)c1C. The van der Waals surface area contributed by atoms with Gasteiger partial charge in [0.15, 0.2) is 24.7 Å². The van der Waals surface area contributed by atoms with Gasteiger partial charge in [-0.15, -0.1) is 0 Å². The molecule has 0 aliphatic heterocycles. The number of alkyl halides is 3. The second-order valence-corrected chi connectivity index (χ2v) is 6.24. The number of rotatable bonds is 9. The van der Waals surface area contributed by atoms with Crippen LogP contribution in [0.5, 0.6) is 11.5 Å². The molecule has 0 spiro atoms. The summed E-state index contributed by atoms with van der Waals surface area (Å²) in [5.74, 6) is -0.548. The molecule has 0 fully saturated rings. The number of carbonyl (C=O) groups is 2. The molecule has 0 saturated carbocycles. The first-order valence-electron chi connectivity index (χ1n) is 8.89. The molecular formula is C20H22F3NO5. The average molecular weight is 413 g/mol. The van der Waals surface area contributed by atoms with Crippen LogP contribution in [0.1, 0.15) is 28.7 Å². The number of para-hydroxylation sites is 2. The summed E-state index contributed by atoms with van der Waals surface area (Å²) in [6.07, 6.45) is -4.41. The molecule has 2 rings (SSSR count). The Hall–Kier alpha value is -2.97. The molecule has 0 amide bonds. The maximum atomic E-state index is 12.7. The van der Waals surface area contributed by atoms with Crippen molar-refractivity contribution in [3.05, 3.63) is 47.3 Å². The first-order valence-corrected chi connectivity index (χ1v) is 8.89. The van der Waals surface area contributed by atoms with Gasteiger partial charge in [0.2, 0.25) is 5.78 Å². The molecule has 0 saturated heterocycles. The van der Waals surface area contributed by atoms with Gasteiger partial charge < -0.3 is 18.8 Å². The van der Waals surface area contributed by atoms with Crippen LogP contribution in [0, 0.1) is 13.8 Å². The molecule has 1 aromatic carbocycles. The van der Waals surface area contributed by atoms with Gasteiger partial charge in [-0.2, -0.15) is 13.2 Å². The monoisotopic (exact) mass is 413 g/mol. The summed E-state index contributed by atoms with van der Waals surface area (Å²) in [6.45, 7) is 2.90. The fourth-order valence-corrected chi connectivity index (χ4v) is 2.75. The van der Waals surface area contributed by atoms with E-state index in [0.717, 1.165) is 4.57 Å². The lowest BCUT2D eigenvalue weighted by molar-refractivity contribution is -0.144. The molecule has 1 heterocycles. The number of nitrogens with zero attached hydrogens (tertiary/aromatic N) is 1. The fraction of sp³-hybridized carbons (Fsp3) is 0.400. The summed E-state index contributed by atoms with van der Waals surface area (Å²) in [7, 11) is 0. The van der Waals surface area contributed by atoms with E-state index in [1.165, 1.54) is 19.9 Å². The van der Waals surface area contributed by atoms with Gasteiger partial charge in [0.25, 0.3) is 0 Å². The summed E-state index contributed by atoms with van der Waals surface area (Å²) >= 11 is 0. The predicted octanol–water partition coefficient (Wildman–Crippen LogP) is 3.87. The van der Waals surface area contributed by atoms with Crippen molar-refractivity contribution in [2.24, 2.45) is 0 Å². The van der Waals surface area contributed by atoms with E-state index in [-0.39, 0.29) is 11.3 Å². The van der Waals surface area contributed by atoms with Crippen molar-refractivity contribution >= 4 is 11.8 Å². The van der Waals surface area contributed by atoms with Gasteiger partial charge in [-0.1, -0.05) is 12.1 Å². The molecule has 0 N–H and O–H groups in total. The van der Waals surface area contributed by atoms with E-state index < -0.39 is 37.7 Å². The topological polar surface area (TPSA) is 66.8 Å². The molecule has 0 radical (unpaired) electrons. The smallest absolute Gasteiger partial charge is 0.406 e. The average Bonchev–Trinajstić information content (AvgIpc) is 2.92. The molecule has 29 heavy (non-hydrogen) atoms.